The van der Waals surface area contributed by atoms with Crippen LogP contribution < -0.4 is 16.4 Å². The van der Waals surface area contributed by atoms with Crippen LogP contribution in [0.25, 0.3) is 0 Å². The van der Waals surface area contributed by atoms with Gasteiger partial charge in [-0.3, -0.25) is 25.2 Å². The monoisotopic (exact) mass is 294 g/mol. The number of H-pyrrole nitrogens is 1. The van der Waals surface area contributed by atoms with Gasteiger partial charge in [0.05, 0.1) is 5.02 Å². The molecule has 0 aliphatic heterocycles. The zero-order valence-corrected chi connectivity index (χ0v) is 11.2. The van der Waals surface area contributed by atoms with Crippen molar-refractivity contribution in [3.63, 3.8) is 0 Å². The van der Waals surface area contributed by atoms with Crippen LogP contribution in [-0.2, 0) is 7.05 Å². The van der Waals surface area contributed by atoms with E-state index in [0.717, 1.165) is 0 Å². The van der Waals surface area contributed by atoms with Crippen LogP contribution in [0.4, 0.5) is 0 Å². The van der Waals surface area contributed by atoms with Crippen LogP contribution in [0.5, 0.6) is 0 Å². The topological polar surface area (TPSA) is 96.0 Å². The van der Waals surface area contributed by atoms with Gasteiger partial charge < -0.3 is 9.55 Å². The van der Waals surface area contributed by atoms with Crippen LogP contribution in [0.15, 0.2) is 35.4 Å². The molecular weight excluding hydrogens is 284 g/mol. The molecule has 2 aromatic heterocycles. The van der Waals surface area contributed by atoms with E-state index in [1.807, 2.05) is 0 Å². The summed E-state index contributed by atoms with van der Waals surface area (Å²) < 4.78 is 1.51. The first-order chi connectivity index (χ1) is 9.49. The molecule has 0 aromatic carbocycles. The van der Waals surface area contributed by atoms with Gasteiger partial charge in [0.2, 0.25) is 0 Å². The van der Waals surface area contributed by atoms with E-state index in [0.29, 0.717) is 5.02 Å². The molecule has 0 bridgehead atoms. The van der Waals surface area contributed by atoms with Crippen LogP contribution in [0.2, 0.25) is 5.02 Å². The summed E-state index contributed by atoms with van der Waals surface area (Å²) in [4.78, 5) is 37.3. The lowest BCUT2D eigenvalue weighted by atomic mass is 10.3. The van der Waals surface area contributed by atoms with Crippen molar-refractivity contribution in [3.05, 3.63) is 57.2 Å². The van der Waals surface area contributed by atoms with Gasteiger partial charge in [0.1, 0.15) is 11.3 Å². The minimum absolute atomic E-state index is 0.0993. The largest absolute Gasteiger partial charge is 0.345 e. The molecule has 0 aliphatic rings. The van der Waals surface area contributed by atoms with Crippen LogP contribution in [0.1, 0.15) is 20.8 Å². The molecule has 8 heteroatoms. The normalized spacial score (nSPS) is 10.1. The van der Waals surface area contributed by atoms with Crippen molar-refractivity contribution in [2.45, 2.75) is 0 Å². The molecule has 0 aliphatic carbocycles. The lowest BCUT2D eigenvalue weighted by Crippen LogP contribution is -2.43. The Morgan fingerprint density at radius 1 is 1.30 bits per heavy atom. The second-order valence-corrected chi connectivity index (χ2v) is 4.41. The van der Waals surface area contributed by atoms with Gasteiger partial charge in [-0.05, 0) is 18.2 Å². The smallest absolute Gasteiger partial charge is 0.286 e. The van der Waals surface area contributed by atoms with Gasteiger partial charge in [0.25, 0.3) is 17.4 Å². The average Bonchev–Trinajstić information content (AvgIpc) is 2.75. The lowest BCUT2D eigenvalue weighted by Gasteiger charge is -2.07. The van der Waals surface area contributed by atoms with E-state index in [9.17, 15) is 14.4 Å². The van der Waals surface area contributed by atoms with Crippen molar-refractivity contribution < 1.29 is 9.59 Å². The number of hydrogen-bond donors (Lipinski definition) is 3. The maximum Gasteiger partial charge on any atom is 0.286 e. The molecule has 0 atom stereocenters. The predicted octanol–water partition coefficient (Wildman–Crippen LogP) is 0.442. The first-order valence-electron chi connectivity index (χ1n) is 5.59. The molecule has 0 fully saturated rings. The average molecular weight is 295 g/mol. The number of amides is 2. The number of rotatable bonds is 2. The molecule has 7 nitrogen and oxygen atoms in total. The summed E-state index contributed by atoms with van der Waals surface area (Å²) in [5.74, 6) is -1.25. The van der Waals surface area contributed by atoms with Crippen molar-refractivity contribution >= 4 is 23.4 Å². The van der Waals surface area contributed by atoms with Crippen LogP contribution in [0, 0.1) is 0 Å². The molecule has 0 saturated heterocycles. The number of nitrogens with one attached hydrogen (secondary N) is 3. The van der Waals surface area contributed by atoms with E-state index in [2.05, 4.69) is 15.8 Å². The number of hydrazine groups is 1. The number of hydrogen-bond acceptors (Lipinski definition) is 3. The maximum atomic E-state index is 11.8. The van der Waals surface area contributed by atoms with E-state index in [1.54, 1.807) is 13.2 Å². The highest BCUT2D eigenvalue weighted by Crippen LogP contribution is 2.12. The third kappa shape index (κ3) is 2.89. The zero-order valence-electron chi connectivity index (χ0n) is 10.4. The summed E-state index contributed by atoms with van der Waals surface area (Å²) in [6.45, 7) is 0. The Kier molecular flexibility index (Phi) is 3.90. The third-order valence-electron chi connectivity index (χ3n) is 2.56. The Labute approximate surface area is 118 Å². The van der Waals surface area contributed by atoms with E-state index >= 15 is 0 Å². The SMILES string of the molecule is Cn1cc(Cl)cc1C(=O)NNC(=O)c1ccc[nH]c1=O. The number of aryl methyl sites for hydroxylation is 1. The van der Waals surface area contributed by atoms with Crippen molar-refractivity contribution in [1.29, 1.82) is 0 Å². The summed E-state index contributed by atoms with van der Waals surface area (Å²) in [7, 11) is 1.64. The van der Waals surface area contributed by atoms with Gasteiger partial charge in [-0.2, -0.15) is 0 Å². The minimum Gasteiger partial charge on any atom is -0.345 e. The second kappa shape index (κ2) is 5.62. The van der Waals surface area contributed by atoms with Crippen molar-refractivity contribution in [3.8, 4) is 0 Å². The molecule has 2 aromatic rings. The highest BCUT2D eigenvalue weighted by Gasteiger charge is 2.14. The number of carbonyl (C=O) groups is 2. The van der Waals surface area contributed by atoms with Gasteiger partial charge in [-0.25, -0.2) is 0 Å². The van der Waals surface area contributed by atoms with Crippen molar-refractivity contribution in [2.24, 2.45) is 7.05 Å². The fourth-order valence-corrected chi connectivity index (χ4v) is 1.84. The summed E-state index contributed by atoms with van der Waals surface area (Å²) in [6, 6.07) is 4.31. The van der Waals surface area contributed by atoms with Crippen LogP contribution >= 0.6 is 11.6 Å². The predicted molar refractivity (Wildman–Crippen MR) is 72.4 cm³/mol. The summed E-state index contributed by atoms with van der Waals surface area (Å²) >= 11 is 5.76. The molecule has 0 unspecified atom stereocenters. The van der Waals surface area contributed by atoms with Gasteiger partial charge in [0.15, 0.2) is 0 Å². The summed E-state index contributed by atoms with van der Waals surface area (Å²) in [6.07, 6.45) is 2.96. The van der Waals surface area contributed by atoms with Crippen LogP contribution in [0.3, 0.4) is 0 Å². The molecule has 104 valence electrons. The van der Waals surface area contributed by atoms with Gasteiger partial charge in [0, 0.05) is 19.4 Å². The number of aromatic amines is 1. The molecular formula is C12H11ClN4O3. The standard InChI is InChI=1S/C12H11ClN4O3/c1-17-6-7(13)5-9(17)12(20)16-15-11(19)8-3-2-4-14-10(8)18/h2-6H,1H3,(H,14,18)(H,15,19)(H,16,20). The molecule has 2 rings (SSSR count). The van der Waals surface area contributed by atoms with E-state index < -0.39 is 17.4 Å². The number of aromatic nitrogens is 2. The molecule has 3 N–H and O–H groups in total. The fraction of sp³-hybridized carbons (Fsp3) is 0.0833. The second-order valence-electron chi connectivity index (χ2n) is 3.98. The van der Waals surface area contributed by atoms with Crippen LogP contribution in [-0.4, -0.2) is 21.4 Å². The number of carbonyl (C=O) groups excluding carboxylic acids is 2. The highest BCUT2D eigenvalue weighted by atomic mass is 35.5. The van der Waals surface area contributed by atoms with Gasteiger partial charge in [-0.15, -0.1) is 0 Å². The molecule has 0 spiro atoms. The molecule has 20 heavy (non-hydrogen) atoms. The van der Waals surface area contributed by atoms with Crippen molar-refractivity contribution in [1.82, 2.24) is 20.4 Å². The van der Waals surface area contributed by atoms with E-state index in [4.69, 9.17) is 11.6 Å². The van der Waals surface area contributed by atoms with Crippen molar-refractivity contribution in [2.75, 3.05) is 0 Å². The Balaban J connectivity index is 2.04. The Hall–Kier alpha value is -2.54. The Bertz CT molecular complexity index is 719. The van der Waals surface area contributed by atoms with E-state index in [-0.39, 0.29) is 11.3 Å². The number of halogens is 1. The zero-order chi connectivity index (χ0) is 14.7. The summed E-state index contributed by atoms with van der Waals surface area (Å²) in [5.41, 5.74) is 4.00. The molecule has 2 amide bonds. The Morgan fingerprint density at radius 2 is 2.00 bits per heavy atom. The minimum atomic E-state index is -0.708. The third-order valence-corrected chi connectivity index (χ3v) is 2.76. The van der Waals surface area contributed by atoms with Gasteiger partial charge in [-0.1, -0.05) is 11.6 Å². The quantitative estimate of drug-likeness (QED) is 0.701. The number of pyridine rings is 1. The molecule has 2 heterocycles. The molecule has 0 radical (unpaired) electrons. The highest BCUT2D eigenvalue weighted by molar-refractivity contribution is 6.31. The van der Waals surface area contributed by atoms with E-state index in [1.165, 1.54) is 29.0 Å². The van der Waals surface area contributed by atoms with Gasteiger partial charge >= 0.3 is 0 Å². The maximum absolute atomic E-state index is 11.8. The molecule has 0 saturated carbocycles. The Morgan fingerprint density at radius 3 is 2.60 bits per heavy atom. The lowest BCUT2D eigenvalue weighted by molar-refractivity contribution is 0.0841. The summed E-state index contributed by atoms with van der Waals surface area (Å²) in [5, 5.41) is 0.406. The fourth-order valence-electron chi connectivity index (χ4n) is 1.60. The number of nitrogens with zero attached hydrogens (tertiary/aromatic N) is 1. The first kappa shape index (κ1) is 13.9. The first-order valence-corrected chi connectivity index (χ1v) is 5.97.